The van der Waals surface area contributed by atoms with Crippen LogP contribution in [0.4, 0.5) is 4.79 Å². The number of benzene rings is 3. The normalized spacial score (nSPS) is 17.2. The van der Waals surface area contributed by atoms with Gasteiger partial charge in [-0.3, -0.25) is 14.4 Å². The van der Waals surface area contributed by atoms with Crippen molar-refractivity contribution in [1.82, 2.24) is 25.9 Å². The highest BCUT2D eigenvalue weighted by molar-refractivity contribution is 5.98. The predicted octanol–water partition coefficient (Wildman–Crippen LogP) is 3.06. The number of nitrogens with one attached hydrogen (secondary N) is 4. The van der Waals surface area contributed by atoms with Crippen molar-refractivity contribution >= 4 is 23.7 Å². The van der Waals surface area contributed by atoms with Crippen LogP contribution in [0, 0.1) is 0 Å². The van der Waals surface area contributed by atoms with Gasteiger partial charge in [0, 0.05) is 24.7 Å². The number of nitrogens with zero attached hydrogens (tertiary/aromatic N) is 1. The van der Waals surface area contributed by atoms with Crippen molar-refractivity contribution in [2.75, 3.05) is 6.61 Å². The lowest BCUT2D eigenvalue weighted by Gasteiger charge is -2.26. The molecule has 4 aromatic rings. The number of epoxide rings is 1. The highest BCUT2D eigenvalue weighted by Crippen LogP contribution is 2.29. The van der Waals surface area contributed by atoms with Crippen LogP contribution < -0.4 is 16.0 Å². The van der Waals surface area contributed by atoms with Crippen LogP contribution in [-0.4, -0.2) is 64.0 Å². The van der Waals surface area contributed by atoms with E-state index in [2.05, 4.69) is 25.9 Å². The van der Waals surface area contributed by atoms with Crippen LogP contribution in [0.15, 0.2) is 104 Å². The molecular formula is C35H37N5O6. The molecule has 11 nitrogen and oxygen atoms in total. The molecule has 0 aliphatic carbocycles. The maximum absolute atomic E-state index is 13.9. The fourth-order valence-electron chi connectivity index (χ4n) is 5.01. The van der Waals surface area contributed by atoms with Crippen LogP contribution in [0.2, 0.25) is 0 Å². The van der Waals surface area contributed by atoms with Crippen LogP contribution in [0.3, 0.4) is 0 Å². The Labute approximate surface area is 267 Å². The number of ketones is 1. The quantitative estimate of drug-likeness (QED) is 0.148. The Morgan fingerprint density at radius 1 is 0.761 bits per heavy atom. The topological polar surface area (TPSA) is 155 Å². The minimum Gasteiger partial charge on any atom is -0.445 e. The van der Waals surface area contributed by atoms with Gasteiger partial charge < -0.3 is 30.4 Å². The van der Waals surface area contributed by atoms with Crippen molar-refractivity contribution in [1.29, 1.82) is 0 Å². The summed E-state index contributed by atoms with van der Waals surface area (Å²) in [7, 11) is 0. The Morgan fingerprint density at radius 2 is 1.26 bits per heavy atom. The number of carbonyl (C=O) groups excluding carboxylic acids is 4. The van der Waals surface area contributed by atoms with E-state index in [1.807, 2.05) is 91.0 Å². The molecular weight excluding hydrogens is 586 g/mol. The monoisotopic (exact) mass is 623 g/mol. The highest BCUT2D eigenvalue weighted by Gasteiger charge is 2.50. The number of H-pyrrole nitrogens is 1. The van der Waals surface area contributed by atoms with E-state index in [0.717, 1.165) is 16.7 Å². The van der Waals surface area contributed by atoms with E-state index in [1.54, 1.807) is 13.1 Å². The van der Waals surface area contributed by atoms with Crippen LogP contribution in [0.5, 0.6) is 0 Å². The summed E-state index contributed by atoms with van der Waals surface area (Å²) in [5, 5.41) is 8.34. The lowest BCUT2D eigenvalue weighted by atomic mass is 9.94. The van der Waals surface area contributed by atoms with Gasteiger partial charge in [-0.25, -0.2) is 9.78 Å². The Balaban J connectivity index is 1.33. The third kappa shape index (κ3) is 9.12. The molecule has 2 heterocycles. The molecule has 1 fully saturated rings. The Kier molecular flexibility index (Phi) is 10.6. The number of hydrogen-bond acceptors (Lipinski definition) is 7. The summed E-state index contributed by atoms with van der Waals surface area (Å²) in [5.41, 5.74) is 2.08. The minimum absolute atomic E-state index is 0.0174. The van der Waals surface area contributed by atoms with Crippen LogP contribution in [-0.2, 0) is 49.7 Å². The minimum atomic E-state index is -1.10. The molecule has 0 bridgehead atoms. The third-order valence-electron chi connectivity index (χ3n) is 7.73. The molecule has 3 amide bonds. The molecule has 0 saturated carbocycles. The van der Waals surface area contributed by atoms with E-state index in [-0.39, 0.29) is 38.3 Å². The maximum atomic E-state index is 13.9. The second-order valence-electron chi connectivity index (χ2n) is 11.4. The van der Waals surface area contributed by atoms with E-state index in [0.29, 0.717) is 5.69 Å². The zero-order valence-electron chi connectivity index (χ0n) is 25.5. The molecule has 0 radical (unpaired) electrons. The highest BCUT2D eigenvalue weighted by atomic mass is 16.6. The van der Waals surface area contributed by atoms with E-state index >= 15 is 0 Å². The zero-order valence-corrected chi connectivity index (χ0v) is 25.5. The summed E-state index contributed by atoms with van der Waals surface area (Å²) in [4.78, 5) is 60.9. The van der Waals surface area contributed by atoms with Crippen LogP contribution in [0.1, 0.15) is 29.3 Å². The van der Waals surface area contributed by atoms with Gasteiger partial charge in [-0.15, -0.1) is 0 Å². The number of carbonyl (C=O) groups is 4. The molecule has 1 aliphatic rings. The number of amides is 3. The third-order valence-corrected chi connectivity index (χ3v) is 7.73. The molecule has 1 saturated heterocycles. The second-order valence-corrected chi connectivity index (χ2v) is 11.4. The van der Waals surface area contributed by atoms with E-state index < -0.39 is 41.6 Å². The number of rotatable bonds is 15. The first-order chi connectivity index (χ1) is 22.3. The molecule has 4 atom stereocenters. The number of hydrogen-bond donors (Lipinski definition) is 4. The first-order valence-corrected chi connectivity index (χ1v) is 15.1. The fraction of sp³-hybridized carbons (Fsp3) is 0.286. The zero-order chi connectivity index (χ0) is 32.4. The summed E-state index contributed by atoms with van der Waals surface area (Å²) in [5.74, 6) is -1.39. The molecule has 11 heteroatoms. The summed E-state index contributed by atoms with van der Waals surface area (Å²) in [6, 6.07) is 24.7. The van der Waals surface area contributed by atoms with Crippen molar-refractivity contribution in [3.63, 3.8) is 0 Å². The van der Waals surface area contributed by atoms with Crippen LogP contribution in [0.25, 0.3) is 0 Å². The van der Waals surface area contributed by atoms with Crippen molar-refractivity contribution in [3.8, 4) is 0 Å². The van der Waals surface area contributed by atoms with Gasteiger partial charge in [-0.05, 0) is 30.0 Å². The van der Waals surface area contributed by atoms with Crippen molar-refractivity contribution < 1.29 is 28.7 Å². The van der Waals surface area contributed by atoms with Gasteiger partial charge in [0.15, 0.2) is 5.78 Å². The van der Waals surface area contributed by atoms with E-state index in [1.165, 1.54) is 6.33 Å². The summed E-state index contributed by atoms with van der Waals surface area (Å²) in [6.07, 6.45) is 2.69. The average Bonchev–Trinajstić information content (AvgIpc) is 3.61. The number of Topliss-reactive ketones (excluding diaryl/α,β-unsaturated/α-hetero) is 1. The van der Waals surface area contributed by atoms with Crippen molar-refractivity contribution in [2.45, 2.75) is 56.5 Å². The predicted molar refractivity (Wildman–Crippen MR) is 169 cm³/mol. The largest absolute Gasteiger partial charge is 0.445 e. The van der Waals surface area contributed by atoms with Gasteiger partial charge in [0.25, 0.3) is 0 Å². The molecule has 238 valence electrons. The molecule has 0 unspecified atom stereocenters. The van der Waals surface area contributed by atoms with E-state index in [9.17, 15) is 19.2 Å². The van der Waals surface area contributed by atoms with Gasteiger partial charge in [0.05, 0.1) is 19.0 Å². The second kappa shape index (κ2) is 15.1. The fourth-order valence-corrected chi connectivity index (χ4v) is 5.01. The molecule has 1 aliphatic heterocycles. The molecule has 5 rings (SSSR count). The summed E-state index contributed by atoms with van der Waals surface area (Å²) < 4.78 is 10.8. The number of imidazole rings is 1. The van der Waals surface area contributed by atoms with Crippen LogP contribution >= 0.6 is 0 Å². The Bertz CT molecular complexity index is 1590. The van der Waals surface area contributed by atoms with E-state index in [4.69, 9.17) is 9.47 Å². The van der Waals surface area contributed by atoms with Gasteiger partial charge in [0.1, 0.15) is 24.3 Å². The number of ether oxygens (including phenoxy) is 2. The first-order valence-electron chi connectivity index (χ1n) is 15.1. The average molecular weight is 624 g/mol. The molecule has 3 aromatic carbocycles. The van der Waals surface area contributed by atoms with Crippen molar-refractivity contribution in [3.05, 3.63) is 126 Å². The lowest BCUT2D eigenvalue weighted by Crippen LogP contribution is -2.58. The smallest absolute Gasteiger partial charge is 0.408 e. The Morgan fingerprint density at radius 3 is 1.78 bits per heavy atom. The SMILES string of the molecule is C[C@@]1(C(=O)[C@H](Cc2ccccc2)NC(=O)[C@H](Cc2ccccc2)NC(=O)[C@H](Cc2cnc[nH]2)NC(=O)OCc2ccccc2)CO1. The van der Waals surface area contributed by atoms with Crippen molar-refractivity contribution in [2.24, 2.45) is 0 Å². The number of aromatic nitrogens is 2. The Hall–Kier alpha value is -5.29. The summed E-state index contributed by atoms with van der Waals surface area (Å²) in [6.45, 7) is 1.99. The standard InChI is InChI=1S/C35H37N5O6/c1-35(22-46-35)31(41)28(17-24-11-5-2-6-12-24)38-32(42)29(18-25-13-7-3-8-14-25)39-33(43)30(19-27-20-36-23-37-27)40-34(44)45-21-26-15-9-4-10-16-26/h2-16,20,23,28-30H,17-19,21-22H2,1H3,(H,36,37)(H,38,42)(H,39,43)(H,40,44)/t28-,29-,30-,35-/m0/s1. The van der Waals surface area contributed by atoms with Gasteiger partial charge in [0.2, 0.25) is 11.8 Å². The van der Waals surface area contributed by atoms with Gasteiger partial charge in [-0.2, -0.15) is 0 Å². The molecule has 1 aromatic heterocycles. The first kappa shape index (κ1) is 32.1. The van der Waals surface area contributed by atoms with Gasteiger partial charge in [-0.1, -0.05) is 91.0 Å². The number of alkyl carbamates (subject to hydrolysis) is 1. The summed E-state index contributed by atoms with van der Waals surface area (Å²) >= 11 is 0. The molecule has 4 N–H and O–H groups in total. The molecule has 0 spiro atoms. The van der Waals surface area contributed by atoms with Gasteiger partial charge >= 0.3 is 6.09 Å². The maximum Gasteiger partial charge on any atom is 0.408 e. The number of aromatic amines is 1. The molecule has 46 heavy (non-hydrogen) atoms. The lowest BCUT2D eigenvalue weighted by molar-refractivity contribution is -0.133.